The molecular formula is C13H14O4. The zero-order valence-electron chi connectivity index (χ0n) is 9.44. The van der Waals surface area contributed by atoms with E-state index in [1.54, 1.807) is 0 Å². The quantitative estimate of drug-likeness (QED) is 0.869. The standard InChI is InChI=1S/C13H14O4/c14-12(15)6-13(4-5-13)10-2-1-3-11-9(10)7-16-8-17-11/h1-3H,4-8H2,(H,14,15). The lowest BCUT2D eigenvalue weighted by Crippen LogP contribution is -2.19. The first-order valence-corrected chi connectivity index (χ1v) is 5.76. The number of fused-ring (bicyclic) bond motifs is 1. The van der Waals surface area contributed by atoms with Gasteiger partial charge in [-0.05, 0) is 24.5 Å². The second-order valence-electron chi connectivity index (χ2n) is 4.74. The molecule has 17 heavy (non-hydrogen) atoms. The summed E-state index contributed by atoms with van der Waals surface area (Å²) in [5.41, 5.74) is 1.94. The number of rotatable bonds is 3. The van der Waals surface area contributed by atoms with Gasteiger partial charge in [-0.1, -0.05) is 12.1 Å². The van der Waals surface area contributed by atoms with E-state index in [2.05, 4.69) is 0 Å². The number of benzene rings is 1. The lowest BCUT2D eigenvalue weighted by Gasteiger charge is -2.24. The van der Waals surface area contributed by atoms with E-state index in [4.69, 9.17) is 14.6 Å². The van der Waals surface area contributed by atoms with Crippen molar-refractivity contribution in [3.63, 3.8) is 0 Å². The molecule has 0 atom stereocenters. The molecule has 3 rings (SSSR count). The Morgan fingerprint density at radius 2 is 2.24 bits per heavy atom. The Bertz CT molecular complexity index is 462. The number of ether oxygens (including phenoxy) is 2. The van der Waals surface area contributed by atoms with Crippen molar-refractivity contribution >= 4 is 5.97 Å². The van der Waals surface area contributed by atoms with Crippen LogP contribution >= 0.6 is 0 Å². The molecule has 0 bridgehead atoms. The molecule has 1 aromatic carbocycles. The molecule has 1 fully saturated rings. The first-order valence-electron chi connectivity index (χ1n) is 5.76. The van der Waals surface area contributed by atoms with E-state index in [9.17, 15) is 4.79 Å². The third-order valence-corrected chi connectivity index (χ3v) is 3.59. The molecule has 0 spiro atoms. The Hall–Kier alpha value is -1.55. The molecule has 1 aliphatic heterocycles. The van der Waals surface area contributed by atoms with Gasteiger partial charge in [0.25, 0.3) is 0 Å². The Morgan fingerprint density at radius 3 is 2.94 bits per heavy atom. The zero-order valence-corrected chi connectivity index (χ0v) is 9.44. The highest BCUT2D eigenvalue weighted by Crippen LogP contribution is 2.53. The van der Waals surface area contributed by atoms with Crippen LogP contribution in [0.3, 0.4) is 0 Å². The van der Waals surface area contributed by atoms with Gasteiger partial charge in [0.15, 0.2) is 6.79 Å². The van der Waals surface area contributed by atoms with E-state index >= 15 is 0 Å². The monoisotopic (exact) mass is 234 g/mol. The highest BCUT2D eigenvalue weighted by molar-refractivity contribution is 5.70. The molecule has 1 aliphatic carbocycles. The fraction of sp³-hybridized carbons (Fsp3) is 0.462. The van der Waals surface area contributed by atoms with Crippen LogP contribution < -0.4 is 4.74 Å². The van der Waals surface area contributed by atoms with Crippen LogP contribution in [0, 0.1) is 0 Å². The van der Waals surface area contributed by atoms with Gasteiger partial charge in [-0.25, -0.2) is 0 Å². The molecular weight excluding hydrogens is 220 g/mol. The van der Waals surface area contributed by atoms with Crippen molar-refractivity contribution in [2.75, 3.05) is 6.79 Å². The normalized spacial score (nSPS) is 20.2. The smallest absolute Gasteiger partial charge is 0.304 e. The number of carboxylic acids is 1. The fourth-order valence-electron chi connectivity index (χ4n) is 2.58. The maximum atomic E-state index is 10.9. The lowest BCUT2D eigenvalue weighted by atomic mass is 9.88. The molecule has 1 aromatic rings. The average Bonchev–Trinajstić information content (AvgIpc) is 3.08. The van der Waals surface area contributed by atoms with E-state index in [-0.39, 0.29) is 18.6 Å². The first kappa shape index (κ1) is 10.6. The highest BCUT2D eigenvalue weighted by Gasteiger charge is 2.47. The molecule has 0 radical (unpaired) electrons. The van der Waals surface area contributed by atoms with Crippen LogP contribution in [0.4, 0.5) is 0 Å². The number of aliphatic carboxylic acids is 1. The number of hydrogen-bond donors (Lipinski definition) is 1. The van der Waals surface area contributed by atoms with E-state index in [0.29, 0.717) is 6.61 Å². The summed E-state index contributed by atoms with van der Waals surface area (Å²) in [7, 11) is 0. The molecule has 1 N–H and O–H groups in total. The van der Waals surface area contributed by atoms with Crippen LogP contribution in [0.15, 0.2) is 18.2 Å². The van der Waals surface area contributed by atoms with Gasteiger partial charge in [0, 0.05) is 11.0 Å². The van der Waals surface area contributed by atoms with Crippen molar-refractivity contribution < 1.29 is 19.4 Å². The summed E-state index contributed by atoms with van der Waals surface area (Å²) in [4.78, 5) is 10.9. The molecule has 1 saturated carbocycles. The Balaban J connectivity index is 2.00. The summed E-state index contributed by atoms with van der Waals surface area (Å²) in [6.07, 6.45) is 2.08. The van der Waals surface area contributed by atoms with E-state index in [1.165, 1.54) is 0 Å². The molecule has 4 heteroatoms. The van der Waals surface area contributed by atoms with Gasteiger partial charge in [0.1, 0.15) is 5.75 Å². The summed E-state index contributed by atoms with van der Waals surface area (Å²) < 4.78 is 10.7. The predicted molar refractivity (Wildman–Crippen MR) is 59.9 cm³/mol. The average molecular weight is 234 g/mol. The molecule has 0 unspecified atom stereocenters. The van der Waals surface area contributed by atoms with E-state index in [0.717, 1.165) is 29.7 Å². The molecule has 4 nitrogen and oxygen atoms in total. The third-order valence-electron chi connectivity index (χ3n) is 3.59. The Kier molecular flexibility index (Phi) is 2.33. The van der Waals surface area contributed by atoms with Gasteiger partial charge >= 0.3 is 5.97 Å². The van der Waals surface area contributed by atoms with Crippen LogP contribution in [-0.4, -0.2) is 17.9 Å². The molecule has 90 valence electrons. The predicted octanol–water partition coefficient (Wildman–Crippen LogP) is 2.06. The number of carboxylic acid groups (broad SMARTS) is 1. The van der Waals surface area contributed by atoms with Gasteiger partial charge in [0.05, 0.1) is 13.0 Å². The molecule has 0 amide bonds. The number of hydrogen-bond acceptors (Lipinski definition) is 3. The second-order valence-corrected chi connectivity index (χ2v) is 4.74. The summed E-state index contributed by atoms with van der Waals surface area (Å²) in [6.45, 7) is 0.801. The topological polar surface area (TPSA) is 55.8 Å². The van der Waals surface area contributed by atoms with Gasteiger partial charge in [-0.3, -0.25) is 4.79 Å². The largest absolute Gasteiger partial charge is 0.481 e. The highest BCUT2D eigenvalue weighted by atomic mass is 16.7. The van der Waals surface area contributed by atoms with Crippen LogP contribution in [0.25, 0.3) is 0 Å². The summed E-state index contributed by atoms with van der Waals surface area (Å²) in [5, 5.41) is 8.99. The van der Waals surface area contributed by atoms with Gasteiger partial charge < -0.3 is 14.6 Å². The van der Waals surface area contributed by atoms with Crippen LogP contribution in [0.5, 0.6) is 5.75 Å². The van der Waals surface area contributed by atoms with Crippen molar-refractivity contribution in [2.45, 2.75) is 31.3 Å². The zero-order chi connectivity index (χ0) is 11.9. The first-order chi connectivity index (χ1) is 8.21. The summed E-state index contributed by atoms with van der Waals surface area (Å²) >= 11 is 0. The van der Waals surface area contributed by atoms with Gasteiger partial charge in [0.2, 0.25) is 0 Å². The van der Waals surface area contributed by atoms with Crippen molar-refractivity contribution in [1.82, 2.24) is 0 Å². The van der Waals surface area contributed by atoms with Crippen molar-refractivity contribution in [3.8, 4) is 5.75 Å². The fourth-order valence-corrected chi connectivity index (χ4v) is 2.58. The lowest BCUT2D eigenvalue weighted by molar-refractivity contribution is -0.137. The maximum Gasteiger partial charge on any atom is 0.304 e. The summed E-state index contributed by atoms with van der Waals surface area (Å²) in [6, 6.07) is 5.85. The molecule has 1 heterocycles. The SMILES string of the molecule is O=C(O)CC1(c2cccc3c2COCO3)CC1. The minimum absolute atomic E-state index is 0.179. The Labute approximate surface area is 99.2 Å². The third kappa shape index (κ3) is 1.78. The minimum Gasteiger partial charge on any atom is -0.481 e. The van der Waals surface area contributed by atoms with E-state index in [1.807, 2.05) is 18.2 Å². The summed E-state index contributed by atoms with van der Waals surface area (Å²) in [5.74, 6) is 0.100. The van der Waals surface area contributed by atoms with Crippen LogP contribution in [0.2, 0.25) is 0 Å². The van der Waals surface area contributed by atoms with Crippen molar-refractivity contribution in [1.29, 1.82) is 0 Å². The number of carbonyl (C=O) groups is 1. The maximum absolute atomic E-state index is 10.9. The Morgan fingerprint density at radius 1 is 1.41 bits per heavy atom. The molecule has 2 aliphatic rings. The van der Waals surface area contributed by atoms with Crippen molar-refractivity contribution in [3.05, 3.63) is 29.3 Å². The van der Waals surface area contributed by atoms with Crippen LogP contribution in [-0.2, 0) is 21.6 Å². The molecule has 0 saturated heterocycles. The van der Waals surface area contributed by atoms with Gasteiger partial charge in [-0.15, -0.1) is 0 Å². The molecule has 0 aromatic heterocycles. The second kappa shape index (κ2) is 3.74. The van der Waals surface area contributed by atoms with E-state index < -0.39 is 5.97 Å². The van der Waals surface area contributed by atoms with Gasteiger partial charge in [-0.2, -0.15) is 0 Å². The minimum atomic E-state index is -0.738. The van der Waals surface area contributed by atoms with Crippen LogP contribution in [0.1, 0.15) is 30.4 Å². The van der Waals surface area contributed by atoms with Crippen molar-refractivity contribution in [2.24, 2.45) is 0 Å².